The molecule has 0 fully saturated rings. The molecule has 0 radical (unpaired) electrons. The minimum absolute atomic E-state index is 0.0869. The molecule has 1 aromatic heterocycles. The number of fused-ring (bicyclic) bond motifs is 1. The van der Waals surface area contributed by atoms with Crippen LogP contribution < -0.4 is 5.32 Å². The van der Waals surface area contributed by atoms with Crippen LogP contribution in [0.5, 0.6) is 0 Å². The summed E-state index contributed by atoms with van der Waals surface area (Å²) in [6.45, 7) is 4.19. The molecule has 0 spiro atoms. The molecule has 0 bridgehead atoms. The summed E-state index contributed by atoms with van der Waals surface area (Å²) in [6, 6.07) is 26.4. The van der Waals surface area contributed by atoms with Crippen molar-refractivity contribution in [2.24, 2.45) is 0 Å². The number of carbonyl (C=O) groups is 1. The van der Waals surface area contributed by atoms with Crippen molar-refractivity contribution in [2.45, 2.75) is 26.3 Å². The first kappa shape index (κ1) is 18.4. The normalized spacial score (nSPS) is 15.1. The number of nitrogens with zero attached hydrogens (tertiary/aromatic N) is 2. The van der Waals surface area contributed by atoms with Gasteiger partial charge in [0.1, 0.15) is 5.69 Å². The smallest absolute Gasteiger partial charge is 0.271 e. The van der Waals surface area contributed by atoms with Gasteiger partial charge in [-0.3, -0.25) is 4.79 Å². The van der Waals surface area contributed by atoms with E-state index in [2.05, 4.69) is 49.5 Å². The second-order valence-electron chi connectivity index (χ2n) is 7.69. The van der Waals surface area contributed by atoms with E-state index in [0.717, 1.165) is 40.1 Å². The Kier molecular flexibility index (Phi) is 4.47. The van der Waals surface area contributed by atoms with E-state index in [4.69, 9.17) is 5.10 Å². The van der Waals surface area contributed by atoms with Gasteiger partial charge in [0.15, 0.2) is 0 Å². The van der Waals surface area contributed by atoms with Gasteiger partial charge in [0, 0.05) is 11.1 Å². The van der Waals surface area contributed by atoms with Gasteiger partial charge in [0.25, 0.3) is 5.91 Å². The molecule has 2 heterocycles. The molecule has 5 rings (SSSR count). The number of benzene rings is 3. The number of hydrogen-bond acceptors (Lipinski definition) is 2. The molecule has 30 heavy (non-hydrogen) atoms. The van der Waals surface area contributed by atoms with Crippen LogP contribution in [0.15, 0.2) is 78.9 Å². The maximum atomic E-state index is 13.2. The highest BCUT2D eigenvalue weighted by molar-refractivity contribution is 6.01. The molecule has 1 aliphatic heterocycles. The predicted octanol–water partition coefficient (Wildman–Crippen LogP) is 5.24. The second kappa shape index (κ2) is 7.30. The molecule has 4 aromatic rings. The Labute approximate surface area is 176 Å². The largest absolute Gasteiger partial charge is 0.340 e. The van der Waals surface area contributed by atoms with E-state index in [1.807, 2.05) is 53.2 Å². The number of para-hydroxylation sites is 1. The third-order valence-electron chi connectivity index (χ3n) is 5.76. The van der Waals surface area contributed by atoms with Gasteiger partial charge in [-0.05, 0) is 30.5 Å². The van der Waals surface area contributed by atoms with Crippen LogP contribution in [0.4, 0.5) is 0 Å². The lowest BCUT2D eigenvalue weighted by Crippen LogP contribution is -2.22. The summed E-state index contributed by atoms with van der Waals surface area (Å²) in [5.41, 5.74) is 7.80. The highest BCUT2D eigenvalue weighted by Crippen LogP contribution is 2.39. The van der Waals surface area contributed by atoms with E-state index in [-0.39, 0.29) is 11.9 Å². The number of carbonyl (C=O) groups excluding carboxylic acids is 1. The van der Waals surface area contributed by atoms with Crippen LogP contribution in [0.1, 0.15) is 45.7 Å². The van der Waals surface area contributed by atoms with Crippen LogP contribution in [0, 0.1) is 6.92 Å². The quantitative estimate of drug-likeness (QED) is 0.515. The van der Waals surface area contributed by atoms with Crippen molar-refractivity contribution in [3.05, 3.63) is 107 Å². The van der Waals surface area contributed by atoms with E-state index in [9.17, 15) is 4.79 Å². The molecule has 1 N–H and O–H groups in total. The van der Waals surface area contributed by atoms with Gasteiger partial charge in [0.05, 0.1) is 17.4 Å². The van der Waals surface area contributed by atoms with Crippen molar-refractivity contribution in [3.63, 3.8) is 0 Å². The minimum Gasteiger partial charge on any atom is -0.340 e. The first-order valence-electron chi connectivity index (χ1n) is 10.3. The van der Waals surface area contributed by atoms with E-state index in [1.54, 1.807) is 0 Å². The summed E-state index contributed by atoms with van der Waals surface area (Å²) in [4.78, 5) is 13.2. The monoisotopic (exact) mass is 393 g/mol. The minimum atomic E-state index is -0.217. The fourth-order valence-corrected chi connectivity index (χ4v) is 4.20. The van der Waals surface area contributed by atoms with Crippen LogP contribution in [-0.4, -0.2) is 15.7 Å². The van der Waals surface area contributed by atoms with Crippen molar-refractivity contribution in [3.8, 4) is 16.9 Å². The van der Waals surface area contributed by atoms with E-state index < -0.39 is 0 Å². The topological polar surface area (TPSA) is 46.9 Å². The number of nitrogens with one attached hydrogen (secondary N) is 1. The Morgan fingerprint density at radius 3 is 2.37 bits per heavy atom. The molecule has 4 heteroatoms. The highest BCUT2D eigenvalue weighted by atomic mass is 16.2. The van der Waals surface area contributed by atoms with Crippen molar-refractivity contribution in [1.82, 2.24) is 15.1 Å². The first-order valence-corrected chi connectivity index (χ1v) is 10.3. The van der Waals surface area contributed by atoms with Gasteiger partial charge in [-0.15, -0.1) is 0 Å². The Hall–Kier alpha value is -3.66. The van der Waals surface area contributed by atoms with Crippen LogP contribution in [-0.2, 0) is 6.42 Å². The average molecular weight is 393 g/mol. The van der Waals surface area contributed by atoms with Gasteiger partial charge in [-0.2, -0.15) is 5.10 Å². The van der Waals surface area contributed by atoms with E-state index in [1.165, 1.54) is 5.56 Å². The highest BCUT2D eigenvalue weighted by Gasteiger charge is 2.38. The van der Waals surface area contributed by atoms with Crippen molar-refractivity contribution in [1.29, 1.82) is 0 Å². The molecule has 1 aliphatic rings. The lowest BCUT2D eigenvalue weighted by molar-refractivity contribution is 0.0953. The summed E-state index contributed by atoms with van der Waals surface area (Å²) < 4.78 is 1.83. The second-order valence-corrected chi connectivity index (χ2v) is 7.69. The lowest BCUT2D eigenvalue weighted by atomic mass is 9.96. The predicted molar refractivity (Wildman–Crippen MR) is 119 cm³/mol. The third-order valence-corrected chi connectivity index (χ3v) is 5.76. The van der Waals surface area contributed by atoms with E-state index >= 15 is 0 Å². The maximum Gasteiger partial charge on any atom is 0.271 e. The maximum absolute atomic E-state index is 13.2. The third kappa shape index (κ3) is 2.92. The van der Waals surface area contributed by atoms with Crippen molar-refractivity contribution >= 4 is 5.91 Å². The SMILES string of the molecule is CCc1ccccc1-n1nc(-c2ccccc2)c2c1C(=O)NC2c1ccc(C)cc1. The summed E-state index contributed by atoms with van der Waals surface area (Å²) in [7, 11) is 0. The zero-order chi connectivity index (χ0) is 20.7. The molecule has 4 nitrogen and oxygen atoms in total. The van der Waals surface area contributed by atoms with Gasteiger partial charge in [0.2, 0.25) is 0 Å². The van der Waals surface area contributed by atoms with Crippen LogP contribution in [0.3, 0.4) is 0 Å². The molecular weight excluding hydrogens is 370 g/mol. The molecule has 148 valence electrons. The van der Waals surface area contributed by atoms with Crippen LogP contribution in [0.2, 0.25) is 0 Å². The number of aromatic nitrogens is 2. The van der Waals surface area contributed by atoms with Gasteiger partial charge in [-0.25, -0.2) is 4.68 Å². The van der Waals surface area contributed by atoms with Crippen LogP contribution >= 0.6 is 0 Å². The molecule has 0 saturated heterocycles. The average Bonchev–Trinajstić information content (AvgIpc) is 3.34. The molecule has 1 unspecified atom stereocenters. The molecule has 3 aromatic carbocycles. The number of aryl methyl sites for hydroxylation is 2. The summed E-state index contributed by atoms with van der Waals surface area (Å²) in [5, 5.41) is 8.17. The Balaban J connectivity index is 1.78. The number of hydrogen-bond donors (Lipinski definition) is 1. The Morgan fingerprint density at radius 1 is 0.933 bits per heavy atom. The summed E-state index contributed by atoms with van der Waals surface area (Å²) >= 11 is 0. The Morgan fingerprint density at radius 2 is 1.63 bits per heavy atom. The fraction of sp³-hybridized carbons (Fsp3) is 0.154. The molecule has 1 atom stereocenters. The van der Waals surface area contributed by atoms with Gasteiger partial charge < -0.3 is 5.32 Å². The lowest BCUT2D eigenvalue weighted by Gasteiger charge is -2.14. The van der Waals surface area contributed by atoms with Crippen molar-refractivity contribution in [2.75, 3.05) is 0 Å². The number of rotatable bonds is 4. The molecule has 0 aliphatic carbocycles. The van der Waals surface area contributed by atoms with Gasteiger partial charge >= 0.3 is 0 Å². The first-order chi connectivity index (χ1) is 14.7. The summed E-state index contributed by atoms with van der Waals surface area (Å²) in [5.74, 6) is -0.0869. The molecule has 0 saturated carbocycles. The number of amides is 1. The zero-order valence-corrected chi connectivity index (χ0v) is 17.1. The van der Waals surface area contributed by atoms with Crippen molar-refractivity contribution < 1.29 is 4.79 Å². The van der Waals surface area contributed by atoms with Crippen LogP contribution in [0.25, 0.3) is 16.9 Å². The van der Waals surface area contributed by atoms with Gasteiger partial charge in [-0.1, -0.05) is 85.3 Å². The standard InChI is InChI=1S/C26H23N3O/c1-3-18-9-7-8-12-21(18)29-25-22(24(28-29)19-10-5-4-6-11-19)23(27-26(25)30)20-15-13-17(2)14-16-20/h4-16,23H,3H2,1-2H3,(H,27,30). The summed E-state index contributed by atoms with van der Waals surface area (Å²) in [6.07, 6.45) is 0.870. The molecule has 1 amide bonds. The molecular formula is C26H23N3O. The fourth-order valence-electron chi connectivity index (χ4n) is 4.20. The zero-order valence-electron chi connectivity index (χ0n) is 17.1. The van der Waals surface area contributed by atoms with E-state index in [0.29, 0.717) is 5.69 Å². The Bertz CT molecular complexity index is 1220.